The molecule has 0 bridgehead atoms. The molecule has 1 aliphatic heterocycles. The van der Waals surface area contributed by atoms with Gasteiger partial charge in [-0.25, -0.2) is 0 Å². The van der Waals surface area contributed by atoms with Crippen LogP contribution in [0.15, 0.2) is 12.3 Å². The number of fused-ring (bicyclic) bond motifs is 3. The zero-order chi connectivity index (χ0) is 19.1. The molecule has 1 aliphatic rings. The molecule has 0 radical (unpaired) electrons. The largest absolute Gasteiger partial charge is 0.481 e. The number of rotatable bonds is 4. The predicted molar refractivity (Wildman–Crippen MR) is 89.7 cm³/mol. The average molecular weight is 367 g/mol. The number of nitrogens with zero attached hydrogens (tertiary/aromatic N) is 2. The molecule has 2 N–H and O–H groups in total. The lowest BCUT2D eigenvalue weighted by atomic mass is 9.71. The fourth-order valence-electron chi connectivity index (χ4n) is 3.55. The Morgan fingerprint density at radius 1 is 1.50 bits per heavy atom. The first kappa shape index (κ1) is 18.3. The zero-order valence-electron chi connectivity index (χ0n) is 14.1. The van der Waals surface area contributed by atoms with Crippen LogP contribution in [0.25, 0.3) is 10.9 Å². The molecule has 3 rings (SSSR count). The number of aliphatic carboxylic acids is 1. The summed E-state index contributed by atoms with van der Waals surface area (Å²) in [5.74, 6) is -3.01. The molecule has 0 aliphatic carbocycles. The third-order valence-electron chi connectivity index (χ3n) is 4.67. The summed E-state index contributed by atoms with van der Waals surface area (Å²) < 4.78 is 38.9. The van der Waals surface area contributed by atoms with Crippen molar-refractivity contribution in [1.82, 2.24) is 15.1 Å². The molecule has 0 unspecified atom stereocenters. The van der Waals surface area contributed by atoms with Gasteiger partial charge in [-0.3, -0.25) is 14.7 Å². The first-order valence-electron chi connectivity index (χ1n) is 8.23. The van der Waals surface area contributed by atoms with Gasteiger partial charge in [-0.1, -0.05) is 18.4 Å². The third kappa shape index (κ3) is 3.54. The normalized spacial score (nSPS) is 17.9. The Morgan fingerprint density at radius 3 is 2.85 bits per heavy atom. The first-order valence-corrected chi connectivity index (χ1v) is 8.23. The van der Waals surface area contributed by atoms with Crippen molar-refractivity contribution in [2.75, 3.05) is 6.54 Å². The van der Waals surface area contributed by atoms with E-state index in [4.69, 9.17) is 5.11 Å². The van der Waals surface area contributed by atoms with E-state index in [0.29, 0.717) is 28.7 Å². The highest BCUT2D eigenvalue weighted by atomic mass is 19.4. The van der Waals surface area contributed by atoms with E-state index in [0.717, 1.165) is 11.0 Å². The van der Waals surface area contributed by atoms with Crippen LogP contribution in [-0.4, -0.2) is 52.1 Å². The molecule has 2 aromatic rings. The van der Waals surface area contributed by atoms with Crippen LogP contribution in [0.2, 0.25) is 6.82 Å². The number of nitrogens with one attached hydrogen (secondary N) is 1. The van der Waals surface area contributed by atoms with Gasteiger partial charge in [-0.2, -0.15) is 18.3 Å². The third-order valence-corrected chi connectivity index (χ3v) is 4.67. The highest BCUT2D eigenvalue weighted by molar-refractivity contribution is 6.55. The van der Waals surface area contributed by atoms with Gasteiger partial charge in [-0.15, -0.1) is 0 Å². The van der Waals surface area contributed by atoms with Gasteiger partial charge in [0.05, 0.1) is 24.1 Å². The molecular formula is C16H17BF3N3O3. The van der Waals surface area contributed by atoms with Crippen molar-refractivity contribution in [3.63, 3.8) is 0 Å². The lowest BCUT2D eigenvalue weighted by Crippen LogP contribution is -2.41. The van der Waals surface area contributed by atoms with Crippen LogP contribution < -0.4 is 5.46 Å². The highest BCUT2D eigenvalue weighted by Gasteiger charge is 2.38. The highest BCUT2D eigenvalue weighted by Crippen LogP contribution is 2.31. The molecule has 1 atom stereocenters. The summed E-state index contributed by atoms with van der Waals surface area (Å²) in [5, 5.41) is 16.6. The van der Waals surface area contributed by atoms with Gasteiger partial charge in [-0.05, 0) is 17.5 Å². The standard InChI is InChI=1S/C16H17BF3N3O3/c1-17-12-3-8-2-9(4-13(24)25)15(26)23(7-16(18,19)20)6-11(8)10-5-21-22-14(10)12/h3,5,9,17H,2,4,6-7H2,1H3,(H,21,22)(H,24,25)/t9-/m0/s1. The van der Waals surface area contributed by atoms with Gasteiger partial charge in [0.15, 0.2) is 7.28 Å². The summed E-state index contributed by atoms with van der Waals surface area (Å²) in [4.78, 5) is 24.4. The Hall–Kier alpha value is -2.52. The second-order valence-corrected chi connectivity index (χ2v) is 6.49. The van der Waals surface area contributed by atoms with Crippen molar-refractivity contribution in [3.05, 3.63) is 23.4 Å². The van der Waals surface area contributed by atoms with Crippen LogP contribution in [0, 0.1) is 5.92 Å². The van der Waals surface area contributed by atoms with Crippen molar-refractivity contribution >= 4 is 35.5 Å². The zero-order valence-corrected chi connectivity index (χ0v) is 14.1. The van der Waals surface area contributed by atoms with Crippen molar-refractivity contribution in [1.29, 1.82) is 0 Å². The smallest absolute Gasteiger partial charge is 0.406 e. The number of benzene rings is 1. The van der Waals surface area contributed by atoms with E-state index < -0.39 is 36.9 Å². The van der Waals surface area contributed by atoms with Crippen molar-refractivity contribution in [2.24, 2.45) is 5.92 Å². The summed E-state index contributed by atoms with van der Waals surface area (Å²) in [6.07, 6.45) is -3.42. The number of hydrogen-bond donors (Lipinski definition) is 2. The molecule has 138 valence electrons. The van der Waals surface area contributed by atoms with Gasteiger partial charge in [0.25, 0.3) is 0 Å². The van der Waals surface area contributed by atoms with Crippen molar-refractivity contribution in [2.45, 2.75) is 32.4 Å². The van der Waals surface area contributed by atoms with Gasteiger partial charge in [0, 0.05) is 11.9 Å². The molecule has 1 aromatic heterocycles. The lowest BCUT2D eigenvalue weighted by molar-refractivity contribution is -0.165. The number of hydrogen-bond acceptors (Lipinski definition) is 3. The number of alkyl halides is 3. The molecule has 0 fully saturated rings. The van der Waals surface area contributed by atoms with Crippen molar-refractivity contribution in [3.8, 4) is 0 Å². The molecule has 1 aromatic carbocycles. The number of amides is 1. The number of halogens is 3. The lowest BCUT2D eigenvalue weighted by Gasteiger charge is -2.25. The number of aromatic amines is 1. The van der Waals surface area contributed by atoms with Gasteiger partial charge in [0.1, 0.15) is 6.54 Å². The molecule has 0 saturated carbocycles. The second kappa shape index (κ2) is 6.66. The quantitative estimate of drug-likeness (QED) is 0.796. The number of H-pyrrole nitrogens is 1. The topological polar surface area (TPSA) is 86.3 Å². The number of aromatic nitrogens is 2. The number of carboxylic acid groups (broad SMARTS) is 1. The monoisotopic (exact) mass is 367 g/mol. The summed E-state index contributed by atoms with van der Waals surface area (Å²) in [7, 11) is 0.676. The molecule has 6 nitrogen and oxygen atoms in total. The minimum atomic E-state index is -4.56. The van der Waals surface area contributed by atoms with Crippen LogP contribution in [0.4, 0.5) is 13.2 Å². The SMILES string of the molecule is CBc1cc2c(c3cn[nH]c13)CN(CC(F)(F)F)C(=O)[C@H](CC(=O)O)C2. The van der Waals surface area contributed by atoms with E-state index in [1.807, 2.05) is 12.9 Å². The summed E-state index contributed by atoms with van der Waals surface area (Å²) in [6, 6.07) is 1.84. The van der Waals surface area contributed by atoms with Gasteiger partial charge in [0.2, 0.25) is 5.91 Å². The van der Waals surface area contributed by atoms with Crippen molar-refractivity contribution < 1.29 is 27.9 Å². The fraction of sp³-hybridized carbons (Fsp3) is 0.438. The van der Waals surface area contributed by atoms with E-state index in [2.05, 4.69) is 10.2 Å². The summed E-state index contributed by atoms with van der Waals surface area (Å²) in [6.45, 7) is 0.314. The number of carbonyl (C=O) groups excluding carboxylic acids is 1. The Labute approximate surface area is 147 Å². The fourth-order valence-corrected chi connectivity index (χ4v) is 3.55. The minimum Gasteiger partial charge on any atom is -0.481 e. The number of carbonyl (C=O) groups is 2. The maximum Gasteiger partial charge on any atom is 0.406 e. The molecule has 2 heterocycles. The Balaban J connectivity index is 2.12. The second-order valence-electron chi connectivity index (χ2n) is 6.49. The molecule has 0 spiro atoms. The van der Waals surface area contributed by atoms with E-state index >= 15 is 0 Å². The Kier molecular flexibility index (Phi) is 4.68. The Bertz CT molecular complexity index is 866. The molecule has 26 heavy (non-hydrogen) atoms. The maximum atomic E-state index is 13.0. The summed E-state index contributed by atoms with van der Waals surface area (Å²) in [5.41, 5.74) is 2.97. The molecular weight excluding hydrogens is 350 g/mol. The summed E-state index contributed by atoms with van der Waals surface area (Å²) >= 11 is 0. The Morgan fingerprint density at radius 2 is 2.23 bits per heavy atom. The van der Waals surface area contributed by atoms with Crippen LogP contribution in [0.5, 0.6) is 0 Å². The van der Waals surface area contributed by atoms with E-state index in [1.165, 1.54) is 0 Å². The van der Waals surface area contributed by atoms with Crippen LogP contribution in [0.1, 0.15) is 17.5 Å². The predicted octanol–water partition coefficient (Wildman–Crippen LogP) is 1.21. The van der Waals surface area contributed by atoms with E-state index in [9.17, 15) is 22.8 Å². The van der Waals surface area contributed by atoms with Crippen LogP contribution >= 0.6 is 0 Å². The first-order chi connectivity index (χ1) is 12.2. The minimum absolute atomic E-state index is 0.100. The van der Waals surface area contributed by atoms with E-state index in [1.54, 1.807) is 6.20 Å². The van der Waals surface area contributed by atoms with Gasteiger partial charge < -0.3 is 10.0 Å². The number of carboxylic acids is 1. The van der Waals surface area contributed by atoms with Crippen LogP contribution in [0.3, 0.4) is 0 Å². The maximum absolute atomic E-state index is 13.0. The molecule has 1 amide bonds. The van der Waals surface area contributed by atoms with E-state index in [-0.39, 0.29) is 13.0 Å². The van der Waals surface area contributed by atoms with Gasteiger partial charge >= 0.3 is 12.1 Å². The molecule has 0 saturated heterocycles. The average Bonchev–Trinajstić information content (AvgIpc) is 2.98. The van der Waals surface area contributed by atoms with Crippen LogP contribution in [-0.2, 0) is 22.6 Å². The molecule has 10 heteroatoms.